The number of thiocarbonyl (C=S) groups is 1. The highest BCUT2D eigenvalue weighted by Gasteiger charge is 2.19. The van der Waals surface area contributed by atoms with Gasteiger partial charge in [-0.05, 0) is 31.2 Å². The molecule has 0 radical (unpaired) electrons. The second-order valence-electron chi connectivity index (χ2n) is 7.29. The van der Waals surface area contributed by atoms with E-state index < -0.39 is 0 Å². The van der Waals surface area contributed by atoms with Gasteiger partial charge in [-0.1, -0.05) is 59.9 Å². The lowest BCUT2D eigenvalue weighted by Crippen LogP contribution is -2.47. The lowest BCUT2D eigenvalue weighted by atomic mass is 10.2. The normalized spacial score (nSPS) is 13.8. The molecule has 2 aromatic carbocycles. The van der Waals surface area contributed by atoms with Crippen molar-refractivity contribution in [2.75, 3.05) is 42.1 Å². The molecular weight excluding hydrogens is 426 g/mol. The van der Waals surface area contributed by atoms with Crippen LogP contribution in [0, 0.1) is 6.92 Å². The highest BCUT2D eigenvalue weighted by Crippen LogP contribution is 2.21. The van der Waals surface area contributed by atoms with E-state index in [0.717, 1.165) is 36.2 Å². The summed E-state index contributed by atoms with van der Waals surface area (Å²) in [6.07, 6.45) is 0. The molecule has 1 fully saturated rings. The van der Waals surface area contributed by atoms with Gasteiger partial charge in [-0.3, -0.25) is 0 Å². The first-order valence-electron chi connectivity index (χ1n) is 10.1. The molecule has 0 aliphatic carbocycles. The number of para-hydroxylation sites is 1. The van der Waals surface area contributed by atoms with Crippen LogP contribution in [0.4, 0.5) is 23.3 Å². The number of nitrogens with two attached hydrogens (primary N) is 1. The van der Waals surface area contributed by atoms with Crippen LogP contribution in [0.2, 0.25) is 0 Å². The summed E-state index contributed by atoms with van der Waals surface area (Å²) in [6, 6.07) is 18.5. The Morgan fingerprint density at radius 3 is 2.42 bits per heavy atom. The van der Waals surface area contributed by atoms with Crippen LogP contribution >= 0.6 is 24.0 Å². The minimum absolute atomic E-state index is 0.197. The first kappa shape index (κ1) is 21.3. The van der Waals surface area contributed by atoms with Crippen LogP contribution in [0.25, 0.3) is 0 Å². The highest BCUT2D eigenvalue weighted by molar-refractivity contribution is 8.22. The number of hydrogen-bond acceptors (Lipinski definition) is 8. The van der Waals surface area contributed by atoms with Gasteiger partial charge in [-0.2, -0.15) is 15.0 Å². The third kappa shape index (κ3) is 5.83. The maximum Gasteiger partial charge on any atom is 0.232 e. The van der Waals surface area contributed by atoms with Crippen LogP contribution in [0.15, 0.2) is 54.6 Å². The van der Waals surface area contributed by atoms with E-state index in [2.05, 4.69) is 54.3 Å². The maximum atomic E-state index is 5.90. The molecule has 160 valence electrons. The summed E-state index contributed by atoms with van der Waals surface area (Å²) in [5.41, 5.74) is 9.25. The van der Waals surface area contributed by atoms with Gasteiger partial charge in [-0.25, -0.2) is 0 Å². The summed E-state index contributed by atoms with van der Waals surface area (Å²) in [5, 5.41) is 3.18. The van der Waals surface area contributed by atoms with Crippen LogP contribution < -0.4 is 16.0 Å². The molecule has 1 aliphatic rings. The number of nitrogens with zero attached hydrogens (tertiary/aromatic N) is 5. The molecule has 0 unspecified atom stereocenters. The van der Waals surface area contributed by atoms with Crippen molar-refractivity contribution in [3.8, 4) is 0 Å². The molecule has 2 heterocycles. The van der Waals surface area contributed by atoms with E-state index in [0.29, 0.717) is 17.5 Å². The fourth-order valence-corrected chi connectivity index (χ4v) is 4.43. The molecule has 9 heteroatoms. The molecule has 0 amide bonds. The third-order valence-corrected chi connectivity index (χ3v) is 6.51. The number of thioether (sulfide) groups is 1. The molecule has 1 aliphatic heterocycles. The Bertz CT molecular complexity index is 1020. The molecule has 7 nitrogen and oxygen atoms in total. The Kier molecular flexibility index (Phi) is 6.83. The van der Waals surface area contributed by atoms with Crippen molar-refractivity contribution in [2.45, 2.75) is 12.7 Å². The molecule has 31 heavy (non-hydrogen) atoms. The number of hydrogen-bond donors (Lipinski definition) is 2. The van der Waals surface area contributed by atoms with E-state index in [9.17, 15) is 0 Å². The molecule has 3 aromatic rings. The number of benzene rings is 2. The standard InChI is InChI=1S/C22H25N7S2/c1-16-7-9-17(10-8-16)24-21-26-19(25-20(23)27-21)15-31-22(30)29-13-11-28(12-14-29)18-5-3-2-4-6-18/h2-10H,11-15H2,1H3,(H3,23,24,25,26,27). The molecule has 0 bridgehead atoms. The zero-order valence-electron chi connectivity index (χ0n) is 17.4. The van der Waals surface area contributed by atoms with E-state index in [1.807, 2.05) is 37.3 Å². The fraction of sp³-hybridized carbons (Fsp3) is 0.273. The highest BCUT2D eigenvalue weighted by atomic mass is 32.2. The van der Waals surface area contributed by atoms with E-state index in [1.54, 1.807) is 11.8 Å². The minimum Gasteiger partial charge on any atom is -0.368 e. The summed E-state index contributed by atoms with van der Waals surface area (Å²) < 4.78 is 0.861. The van der Waals surface area contributed by atoms with Gasteiger partial charge in [0.2, 0.25) is 11.9 Å². The number of anilines is 4. The molecule has 0 spiro atoms. The summed E-state index contributed by atoms with van der Waals surface area (Å²) in [6.45, 7) is 5.76. The van der Waals surface area contributed by atoms with Gasteiger partial charge < -0.3 is 20.9 Å². The third-order valence-electron chi connectivity index (χ3n) is 4.99. The smallest absolute Gasteiger partial charge is 0.232 e. The fourth-order valence-electron chi connectivity index (χ4n) is 3.33. The molecule has 3 N–H and O–H groups in total. The number of piperazine rings is 1. The van der Waals surface area contributed by atoms with Gasteiger partial charge in [0.1, 0.15) is 10.1 Å². The Labute approximate surface area is 192 Å². The number of aryl methyl sites for hydroxylation is 1. The minimum atomic E-state index is 0.197. The molecule has 1 aromatic heterocycles. The molecular formula is C22H25N7S2. The zero-order chi connectivity index (χ0) is 21.6. The summed E-state index contributed by atoms with van der Waals surface area (Å²) >= 11 is 7.23. The number of aromatic nitrogens is 3. The van der Waals surface area contributed by atoms with Crippen molar-refractivity contribution in [1.82, 2.24) is 19.9 Å². The van der Waals surface area contributed by atoms with Gasteiger partial charge in [0.05, 0.1) is 5.75 Å². The van der Waals surface area contributed by atoms with Crippen LogP contribution in [0.1, 0.15) is 11.4 Å². The predicted molar refractivity (Wildman–Crippen MR) is 133 cm³/mol. The average Bonchev–Trinajstić information content (AvgIpc) is 2.79. The molecule has 1 saturated heterocycles. The maximum absolute atomic E-state index is 5.90. The van der Waals surface area contributed by atoms with E-state index >= 15 is 0 Å². The molecule has 4 rings (SSSR count). The number of nitrogen functional groups attached to an aromatic ring is 1. The van der Waals surface area contributed by atoms with Crippen molar-refractivity contribution in [2.24, 2.45) is 0 Å². The number of nitrogens with one attached hydrogen (secondary N) is 1. The largest absolute Gasteiger partial charge is 0.368 e. The quantitative estimate of drug-likeness (QED) is 0.562. The van der Waals surface area contributed by atoms with Crippen LogP contribution in [0.3, 0.4) is 0 Å². The van der Waals surface area contributed by atoms with Crippen LogP contribution in [-0.4, -0.2) is 50.4 Å². The lowest BCUT2D eigenvalue weighted by molar-refractivity contribution is 0.397. The van der Waals surface area contributed by atoms with Gasteiger partial charge in [0, 0.05) is 37.6 Å². The summed E-state index contributed by atoms with van der Waals surface area (Å²) in [4.78, 5) is 17.6. The first-order chi connectivity index (χ1) is 15.1. The number of rotatable bonds is 5. The van der Waals surface area contributed by atoms with Gasteiger partial charge in [0.25, 0.3) is 0 Å². The topological polar surface area (TPSA) is 83.2 Å². The van der Waals surface area contributed by atoms with Crippen molar-refractivity contribution < 1.29 is 0 Å². The van der Waals surface area contributed by atoms with Crippen molar-refractivity contribution >= 4 is 51.6 Å². The van der Waals surface area contributed by atoms with Crippen LogP contribution in [-0.2, 0) is 5.75 Å². The second kappa shape index (κ2) is 9.93. The Hall–Kier alpha value is -2.91. The summed E-state index contributed by atoms with van der Waals surface area (Å²) in [7, 11) is 0. The van der Waals surface area contributed by atoms with Crippen molar-refractivity contribution in [3.63, 3.8) is 0 Å². The Morgan fingerprint density at radius 2 is 1.71 bits per heavy atom. The van der Waals surface area contributed by atoms with Crippen molar-refractivity contribution in [1.29, 1.82) is 0 Å². The zero-order valence-corrected chi connectivity index (χ0v) is 19.0. The van der Waals surface area contributed by atoms with E-state index in [1.165, 1.54) is 11.3 Å². The first-order valence-corrected chi connectivity index (χ1v) is 11.5. The van der Waals surface area contributed by atoms with E-state index in [-0.39, 0.29) is 5.95 Å². The average molecular weight is 452 g/mol. The van der Waals surface area contributed by atoms with Gasteiger partial charge in [0.15, 0.2) is 0 Å². The molecule has 0 atom stereocenters. The lowest BCUT2D eigenvalue weighted by Gasteiger charge is -2.37. The monoisotopic (exact) mass is 451 g/mol. The van der Waals surface area contributed by atoms with E-state index in [4.69, 9.17) is 18.0 Å². The molecule has 0 saturated carbocycles. The van der Waals surface area contributed by atoms with Gasteiger partial charge in [-0.15, -0.1) is 0 Å². The predicted octanol–water partition coefficient (Wildman–Crippen LogP) is 3.85. The Balaban J connectivity index is 1.31. The van der Waals surface area contributed by atoms with Crippen LogP contribution in [0.5, 0.6) is 0 Å². The Morgan fingerprint density at radius 1 is 1.00 bits per heavy atom. The van der Waals surface area contributed by atoms with Gasteiger partial charge >= 0.3 is 0 Å². The van der Waals surface area contributed by atoms with Crippen molar-refractivity contribution in [3.05, 3.63) is 66.0 Å². The second-order valence-corrected chi connectivity index (χ2v) is 8.90. The SMILES string of the molecule is Cc1ccc(Nc2nc(N)nc(CSC(=S)N3CCN(c4ccccc4)CC3)n2)cc1. The summed E-state index contributed by atoms with van der Waals surface area (Å²) in [5.74, 6) is 1.79.